The van der Waals surface area contributed by atoms with Gasteiger partial charge in [0, 0.05) is 6.20 Å². The van der Waals surface area contributed by atoms with Gasteiger partial charge in [-0.2, -0.15) is 10.2 Å². The first kappa shape index (κ1) is 22.6. The number of aromatic nitrogens is 2. The molecule has 1 N–H and O–H groups in total. The summed E-state index contributed by atoms with van der Waals surface area (Å²) in [5.41, 5.74) is -0.244. The molecule has 8 nitrogen and oxygen atoms in total. The van der Waals surface area contributed by atoms with Crippen molar-refractivity contribution in [3.63, 3.8) is 0 Å². The maximum atomic E-state index is 13.3. The van der Waals surface area contributed by atoms with Crippen LogP contribution in [0.3, 0.4) is 0 Å². The van der Waals surface area contributed by atoms with Crippen molar-refractivity contribution in [2.24, 2.45) is 0 Å². The van der Waals surface area contributed by atoms with Crippen LogP contribution in [0.5, 0.6) is 17.4 Å². The number of fused-ring (bicyclic) bond motifs is 1. The second kappa shape index (κ2) is 9.90. The molecule has 9 heteroatoms. The van der Waals surface area contributed by atoms with E-state index in [9.17, 15) is 14.9 Å². The molecule has 0 unspecified atom stereocenters. The van der Waals surface area contributed by atoms with Crippen LogP contribution in [0.15, 0.2) is 83.3 Å². The van der Waals surface area contributed by atoms with Gasteiger partial charge in [-0.25, -0.2) is 0 Å². The lowest BCUT2D eigenvalue weighted by atomic mass is 10.1. The Hall–Kier alpha value is -4.61. The molecule has 4 rings (SSSR count). The number of para-hydroxylation sites is 3. The average Bonchev–Trinajstić information content (AvgIpc) is 2.85. The highest BCUT2D eigenvalue weighted by Crippen LogP contribution is 2.30. The molecule has 0 bridgehead atoms. The maximum absolute atomic E-state index is 13.3. The van der Waals surface area contributed by atoms with Gasteiger partial charge >= 0.3 is 0 Å². The maximum Gasteiger partial charge on any atom is 0.269 e. The number of nitriles is 1. The molecule has 0 atom stereocenters. The Balaban J connectivity index is 1.82. The van der Waals surface area contributed by atoms with Gasteiger partial charge in [0.15, 0.2) is 0 Å². The van der Waals surface area contributed by atoms with Gasteiger partial charge < -0.3 is 14.8 Å². The highest BCUT2D eigenvalue weighted by atomic mass is 35.5. The Bertz CT molecular complexity index is 1520. The molecule has 2 aromatic heterocycles. The average molecular weight is 473 g/mol. The van der Waals surface area contributed by atoms with Gasteiger partial charge in [0.1, 0.15) is 34.4 Å². The minimum absolute atomic E-state index is 0.0876. The van der Waals surface area contributed by atoms with E-state index in [1.807, 2.05) is 6.07 Å². The summed E-state index contributed by atoms with van der Waals surface area (Å²) in [5.74, 6) is -0.137. The third-order valence-corrected chi connectivity index (χ3v) is 5.10. The smallest absolute Gasteiger partial charge is 0.269 e. The SMILES string of the molecule is COc1ccccc1NC(=O)/C(C#N)=C\c1c(Oc2ccccc2Cl)nc2ccccn2c1=O. The summed E-state index contributed by atoms with van der Waals surface area (Å²) in [6.45, 7) is 0. The Kier molecular flexibility index (Phi) is 6.57. The topological polar surface area (TPSA) is 106 Å². The lowest BCUT2D eigenvalue weighted by molar-refractivity contribution is -0.112. The minimum atomic E-state index is -0.728. The van der Waals surface area contributed by atoms with Crippen LogP contribution in [0, 0.1) is 11.3 Å². The molecule has 0 aliphatic rings. The summed E-state index contributed by atoms with van der Waals surface area (Å²) in [5, 5.41) is 12.6. The third kappa shape index (κ3) is 4.60. The van der Waals surface area contributed by atoms with Crippen LogP contribution in [0.4, 0.5) is 5.69 Å². The molecule has 168 valence electrons. The second-order valence-corrected chi connectivity index (χ2v) is 7.33. The summed E-state index contributed by atoms with van der Waals surface area (Å²) in [6.07, 6.45) is 2.67. The van der Waals surface area contributed by atoms with E-state index in [1.165, 1.54) is 17.7 Å². The molecule has 2 aromatic carbocycles. The fourth-order valence-corrected chi connectivity index (χ4v) is 3.32. The summed E-state index contributed by atoms with van der Waals surface area (Å²) >= 11 is 6.21. The predicted molar refractivity (Wildman–Crippen MR) is 128 cm³/mol. The molecule has 1 amide bonds. The highest BCUT2D eigenvalue weighted by molar-refractivity contribution is 6.32. The van der Waals surface area contributed by atoms with E-state index in [-0.39, 0.29) is 22.8 Å². The first-order chi connectivity index (χ1) is 16.5. The van der Waals surface area contributed by atoms with Gasteiger partial charge in [0.2, 0.25) is 5.88 Å². The standard InChI is InChI=1S/C25H17ClN4O4/c1-33-21-11-5-3-9-19(21)28-23(31)16(15-27)14-17-24(34-20-10-4-2-8-18(20)26)29-22-12-6-7-13-30(22)25(17)32/h2-14H,1H3,(H,28,31)/b16-14-. The number of rotatable bonds is 6. The molecule has 0 spiro atoms. The fraction of sp³-hybridized carbons (Fsp3) is 0.0400. The monoisotopic (exact) mass is 472 g/mol. The molecule has 4 aromatic rings. The second-order valence-electron chi connectivity index (χ2n) is 6.92. The third-order valence-electron chi connectivity index (χ3n) is 4.79. The quantitative estimate of drug-likeness (QED) is 0.322. The molecule has 2 heterocycles. The number of pyridine rings is 1. The number of hydrogen-bond donors (Lipinski definition) is 1. The van der Waals surface area contributed by atoms with Gasteiger partial charge in [-0.3, -0.25) is 14.0 Å². The molecule has 0 saturated heterocycles. The van der Waals surface area contributed by atoms with Crippen molar-refractivity contribution < 1.29 is 14.3 Å². The van der Waals surface area contributed by atoms with Gasteiger partial charge in [-0.05, 0) is 42.5 Å². The van der Waals surface area contributed by atoms with Crippen LogP contribution < -0.4 is 20.3 Å². The van der Waals surface area contributed by atoms with Crippen molar-refractivity contribution in [3.8, 4) is 23.4 Å². The van der Waals surface area contributed by atoms with Crippen molar-refractivity contribution >= 4 is 34.9 Å². The molecule has 0 aliphatic carbocycles. The minimum Gasteiger partial charge on any atom is -0.495 e. The van der Waals surface area contributed by atoms with E-state index < -0.39 is 11.5 Å². The number of halogens is 1. The lowest BCUT2D eigenvalue weighted by Crippen LogP contribution is -2.20. The van der Waals surface area contributed by atoms with Gasteiger partial charge in [0.05, 0.1) is 17.8 Å². The zero-order valence-electron chi connectivity index (χ0n) is 17.9. The van der Waals surface area contributed by atoms with Crippen LogP contribution in [-0.4, -0.2) is 22.4 Å². The number of amides is 1. The fourth-order valence-electron chi connectivity index (χ4n) is 3.15. The van der Waals surface area contributed by atoms with E-state index in [1.54, 1.807) is 66.7 Å². The van der Waals surface area contributed by atoms with Crippen molar-refractivity contribution in [3.05, 3.63) is 99.4 Å². The zero-order chi connectivity index (χ0) is 24.1. The molecule has 0 aliphatic heterocycles. The first-order valence-corrected chi connectivity index (χ1v) is 10.4. The van der Waals surface area contributed by atoms with Crippen LogP contribution in [0.25, 0.3) is 11.7 Å². The normalized spacial score (nSPS) is 11.0. The number of anilines is 1. The number of ether oxygens (including phenoxy) is 2. The lowest BCUT2D eigenvalue weighted by Gasteiger charge is -2.12. The number of hydrogen-bond acceptors (Lipinski definition) is 6. The Morgan fingerprint density at radius 3 is 2.53 bits per heavy atom. The van der Waals surface area contributed by atoms with E-state index in [4.69, 9.17) is 21.1 Å². The van der Waals surface area contributed by atoms with Gasteiger partial charge in [0.25, 0.3) is 11.5 Å². The van der Waals surface area contributed by atoms with Crippen molar-refractivity contribution in [1.29, 1.82) is 5.26 Å². The molecule has 0 fully saturated rings. The number of carbonyl (C=O) groups is 1. The first-order valence-electron chi connectivity index (χ1n) is 10.0. The summed E-state index contributed by atoms with van der Waals surface area (Å²) in [7, 11) is 1.46. The highest BCUT2D eigenvalue weighted by Gasteiger charge is 2.19. The van der Waals surface area contributed by atoms with E-state index in [0.29, 0.717) is 22.1 Å². The van der Waals surface area contributed by atoms with Crippen molar-refractivity contribution in [2.45, 2.75) is 0 Å². The number of benzene rings is 2. The zero-order valence-corrected chi connectivity index (χ0v) is 18.6. The van der Waals surface area contributed by atoms with Crippen LogP contribution >= 0.6 is 11.6 Å². The molecule has 34 heavy (non-hydrogen) atoms. The predicted octanol–water partition coefficient (Wildman–Crippen LogP) is 4.69. The van der Waals surface area contributed by atoms with Gasteiger partial charge in [-0.1, -0.05) is 41.9 Å². The van der Waals surface area contributed by atoms with Crippen LogP contribution in [-0.2, 0) is 4.79 Å². The largest absolute Gasteiger partial charge is 0.495 e. The molecular weight excluding hydrogens is 456 g/mol. The van der Waals surface area contributed by atoms with Crippen LogP contribution in [0.2, 0.25) is 5.02 Å². The Labute approximate surface area is 199 Å². The van der Waals surface area contributed by atoms with Crippen LogP contribution in [0.1, 0.15) is 5.56 Å². The molecule has 0 radical (unpaired) electrons. The van der Waals surface area contributed by atoms with Crippen molar-refractivity contribution in [1.82, 2.24) is 9.38 Å². The Morgan fingerprint density at radius 2 is 1.79 bits per heavy atom. The van der Waals surface area contributed by atoms with E-state index in [0.717, 1.165) is 6.08 Å². The summed E-state index contributed by atoms with van der Waals surface area (Å²) < 4.78 is 12.4. The number of carbonyl (C=O) groups excluding carboxylic acids is 1. The molecular formula is C25H17ClN4O4. The summed E-state index contributed by atoms with van der Waals surface area (Å²) in [4.78, 5) is 30.5. The van der Waals surface area contributed by atoms with Gasteiger partial charge in [-0.15, -0.1) is 0 Å². The summed E-state index contributed by atoms with van der Waals surface area (Å²) in [6, 6.07) is 20.3. The Morgan fingerprint density at radius 1 is 1.09 bits per heavy atom. The number of nitrogens with zero attached hydrogens (tertiary/aromatic N) is 3. The van der Waals surface area contributed by atoms with Crippen molar-refractivity contribution in [2.75, 3.05) is 12.4 Å². The number of methoxy groups -OCH3 is 1. The number of nitrogens with one attached hydrogen (secondary N) is 1. The van der Waals surface area contributed by atoms with E-state index in [2.05, 4.69) is 10.3 Å². The molecule has 0 saturated carbocycles. The van der Waals surface area contributed by atoms with E-state index >= 15 is 0 Å².